The lowest BCUT2D eigenvalue weighted by atomic mass is 10.0. The Morgan fingerprint density at radius 1 is 0.927 bits per heavy atom. The third-order valence-corrected chi connectivity index (χ3v) is 8.00. The first-order valence-electron chi connectivity index (χ1n) is 14.1. The highest BCUT2D eigenvalue weighted by molar-refractivity contribution is 6.10. The van der Waals surface area contributed by atoms with Crippen LogP contribution in [0.5, 0.6) is 11.5 Å². The molecule has 1 aliphatic carbocycles. The molecule has 2 atom stereocenters. The molecule has 0 radical (unpaired) electrons. The molecule has 3 aromatic carbocycles. The van der Waals surface area contributed by atoms with E-state index in [9.17, 15) is 4.79 Å². The zero-order chi connectivity index (χ0) is 27.8. The molecule has 1 saturated heterocycles. The Balaban J connectivity index is 1.05. The van der Waals surface area contributed by atoms with E-state index in [1.807, 2.05) is 66.7 Å². The third-order valence-electron chi connectivity index (χ3n) is 8.00. The van der Waals surface area contributed by atoms with Gasteiger partial charge in [-0.25, -0.2) is 9.99 Å². The lowest BCUT2D eigenvalue weighted by molar-refractivity contribution is -0.134. The molecule has 1 aromatic heterocycles. The second kappa shape index (κ2) is 11.0. The van der Waals surface area contributed by atoms with Crippen LogP contribution in [-0.4, -0.2) is 73.1 Å². The zero-order valence-electron chi connectivity index (χ0n) is 23.0. The van der Waals surface area contributed by atoms with Crippen molar-refractivity contribution in [2.45, 2.75) is 13.0 Å². The minimum Gasteiger partial charge on any atom is -0.497 e. The van der Waals surface area contributed by atoms with Gasteiger partial charge in [-0.2, -0.15) is 5.10 Å². The highest BCUT2D eigenvalue weighted by atomic mass is 16.5. The Bertz CT molecular complexity index is 1570. The SMILES string of the molecule is COc1ccc(CN2N=C(c3ccc4nc(-c5ccc(OCCN6CCOCC6)cc5)oc4c3)C3CC3C2=O)cc1. The number of carbonyl (C=O) groups is 1. The van der Waals surface area contributed by atoms with Crippen molar-refractivity contribution in [1.29, 1.82) is 0 Å². The Morgan fingerprint density at radius 3 is 2.46 bits per heavy atom. The zero-order valence-corrected chi connectivity index (χ0v) is 23.0. The second-order valence-electron chi connectivity index (χ2n) is 10.7. The number of hydrogen-bond acceptors (Lipinski definition) is 8. The molecule has 4 aromatic rings. The number of amides is 1. The van der Waals surface area contributed by atoms with Crippen LogP contribution >= 0.6 is 0 Å². The first-order chi connectivity index (χ1) is 20.1. The molecule has 210 valence electrons. The molecule has 7 rings (SSSR count). The molecule has 3 aliphatic rings. The van der Waals surface area contributed by atoms with E-state index in [-0.39, 0.29) is 17.7 Å². The van der Waals surface area contributed by atoms with Gasteiger partial charge in [0.2, 0.25) is 11.8 Å². The minimum absolute atomic E-state index is 0.00339. The van der Waals surface area contributed by atoms with Gasteiger partial charge in [0.1, 0.15) is 23.6 Å². The fourth-order valence-corrected chi connectivity index (χ4v) is 5.52. The maximum Gasteiger partial charge on any atom is 0.246 e. The van der Waals surface area contributed by atoms with Crippen LogP contribution in [-0.2, 0) is 16.1 Å². The number of methoxy groups -OCH3 is 1. The minimum atomic E-state index is -0.00339. The Kier molecular flexibility index (Phi) is 6.90. The summed E-state index contributed by atoms with van der Waals surface area (Å²) in [6.45, 7) is 5.44. The van der Waals surface area contributed by atoms with Crippen molar-refractivity contribution >= 4 is 22.7 Å². The fourth-order valence-electron chi connectivity index (χ4n) is 5.52. The summed E-state index contributed by atoms with van der Waals surface area (Å²) in [6.07, 6.45) is 0.831. The fraction of sp³-hybridized carbons (Fsp3) is 0.344. The predicted octanol–water partition coefficient (Wildman–Crippen LogP) is 4.60. The summed E-state index contributed by atoms with van der Waals surface area (Å²) in [5.41, 5.74) is 5.26. The van der Waals surface area contributed by atoms with E-state index in [2.05, 4.69) is 4.90 Å². The van der Waals surface area contributed by atoms with Crippen LogP contribution < -0.4 is 9.47 Å². The lowest BCUT2D eigenvalue weighted by Gasteiger charge is -2.26. The first kappa shape index (κ1) is 25.7. The topological polar surface area (TPSA) is 89.6 Å². The number of rotatable bonds is 9. The normalized spacial score (nSPS) is 20.6. The summed E-state index contributed by atoms with van der Waals surface area (Å²) >= 11 is 0. The molecule has 0 bridgehead atoms. The maximum absolute atomic E-state index is 12.9. The van der Waals surface area contributed by atoms with Crippen LogP contribution in [0.2, 0.25) is 0 Å². The summed E-state index contributed by atoms with van der Waals surface area (Å²) in [4.78, 5) is 20.0. The van der Waals surface area contributed by atoms with Gasteiger partial charge < -0.3 is 18.6 Å². The summed E-state index contributed by atoms with van der Waals surface area (Å²) < 4.78 is 22.8. The van der Waals surface area contributed by atoms with Gasteiger partial charge in [-0.1, -0.05) is 18.2 Å². The standard InChI is InChI=1S/C32H32N4O5/c1-38-24-7-2-21(3-8-24)20-36-32(37)27-19-26(27)30(34-36)23-6-11-28-29(18-23)41-31(33-28)22-4-9-25(10-5-22)40-17-14-35-12-15-39-16-13-35/h2-11,18,26-27H,12-17,19-20H2,1H3. The van der Waals surface area contributed by atoms with Crippen LogP contribution in [0.3, 0.4) is 0 Å². The van der Waals surface area contributed by atoms with E-state index in [4.69, 9.17) is 28.7 Å². The lowest BCUT2D eigenvalue weighted by Crippen LogP contribution is -2.38. The molecular formula is C32H32N4O5. The molecule has 2 unspecified atom stereocenters. The number of aromatic nitrogens is 1. The van der Waals surface area contributed by atoms with Crippen molar-refractivity contribution in [3.8, 4) is 23.0 Å². The number of hydrogen-bond donors (Lipinski definition) is 0. The summed E-state index contributed by atoms with van der Waals surface area (Å²) in [5, 5.41) is 6.42. The molecule has 0 spiro atoms. The second-order valence-corrected chi connectivity index (χ2v) is 10.7. The number of benzene rings is 3. The Hall–Kier alpha value is -4.21. The Labute approximate surface area is 238 Å². The average Bonchev–Trinajstić information content (AvgIpc) is 3.71. The van der Waals surface area contributed by atoms with Crippen LogP contribution in [0.1, 0.15) is 17.5 Å². The third kappa shape index (κ3) is 5.42. The molecule has 9 heteroatoms. The van der Waals surface area contributed by atoms with Crippen molar-refractivity contribution in [1.82, 2.24) is 14.9 Å². The average molecular weight is 553 g/mol. The Morgan fingerprint density at radius 2 is 1.68 bits per heavy atom. The van der Waals surface area contributed by atoms with Crippen molar-refractivity contribution in [2.75, 3.05) is 46.6 Å². The molecule has 1 amide bonds. The molecular weight excluding hydrogens is 520 g/mol. The molecule has 2 aliphatic heterocycles. The molecule has 9 nitrogen and oxygen atoms in total. The first-order valence-corrected chi connectivity index (χ1v) is 14.1. The highest BCUT2D eigenvalue weighted by Crippen LogP contribution is 2.46. The van der Waals surface area contributed by atoms with Gasteiger partial charge in [0, 0.05) is 42.6 Å². The van der Waals surface area contributed by atoms with Crippen molar-refractivity contribution in [3.63, 3.8) is 0 Å². The maximum atomic E-state index is 12.9. The van der Waals surface area contributed by atoms with Crippen molar-refractivity contribution < 1.29 is 23.4 Å². The predicted molar refractivity (Wildman–Crippen MR) is 154 cm³/mol. The van der Waals surface area contributed by atoms with Crippen LogP contribution in [0, 0.1) is 11.8 Å². The van der Waals surface area contributed by atoms with Crippen molar-refractivity contribution in [2.24, 2.45) is 16.9 Å². The summed E-state index contributed by atoms with van der Waals surface area (Å²) in [7, 11) is 1.64. The number of carbonyl (C=O) groups excluding carboxylic acids is 1. The van der Waals surface area contributed by atoms with E-state index < -0.39 is 0 Å². The number of morpholine rings is 1. The van der Waals surface area contributed by atoms with E-state index in [1.165, 1.54) is 0 Å². The van der Waals surface area contributed by atoms with Gasteiger partial charge >= 0.3 is 0 Å². The van der Waals surface area contributed by atoms with E-state index in [0.29, 0.717) is 24.6 Å². The number of oxazole rings is 1. The van der Waals surface area contributed by atoms with Crippen LogP contribution in [0.15, 0.2) is 76.2 Å². The molecule has 2 fully saturated rings. The molecule has 41 heavy (non-hydrogen) atoms. The van der Waals surface area contributed by atoms with E-state index in [0.717, 1.165) is 78.7 Å². The monoisotopic (exact) mass is 552 g/mol. The van der Waals surface area contributed by atoms with Gasteiger partial charge in [0.15, 0.2) is 5.58 Å². The largest absolute Gasteiger partial charge is 0.497 e. The molecule has 1 saturated carbocycles. The number of nitrogens with zero attached hydrogens (tertiary/aromatic N) is 4. The van der Waals surface area contributed by atoms with Crippen LogP contribution in [0.25, 0.3) is 22.6 Å². The van der Waals surface area contributed by atoms with E-state index in [1.54, 1.807) is 12.1 Å². The quantitative estimate of drug-likeness (QED) is 0.300. The van der Waals surface area contributed by atoms with E-state index >= 15 is 0 Å². The van der Waals surface area contributed by atoms with Crippen LogP contribution in [0.4, 0.5) is 0 Å². The van der Waals surface area contributed by atoms with Gasteiger partial charge in [0.05, 0.1) is 32.6 Å². The van der Waals surface area contributed by atoms with Gasteiger partial charge in [-0.15, -0.1) is 0 Å². The van der Waals surface area contributed by atoms with Gasteiger partial charge in [0.25, 0.3) is 0 Å². The number of hydrazone groups is 1. The number of ether oxygens (including phenoxy) is 3. The highest BCUT2D eigenvalue weighted by Gasteiger charge is 2.51. The van der Waals surface area contributed by atoms with Gasteiger partial charge in [-0.3, -0.25) is 9.69 Å². The van der Waals surface area contributed by atoms with Crippen molar-refractivity contribution in [3.05, 3.63) is 77.9 Å². The smallest absolute Gasteiger partial charge is 0.246 e. The molecule has 3 heterocycles. The van der Waals surface area contributed by atoms with Gasteiger partial charge in [-0.05, 0) is 60.5 Å². The summed E-state index contributed by atoms with van der Waals surface area (Å²) in [5.74, 6) is 2.41. The summed E-state index contributed by atoms with van der Waals surface area (Å²) in [6, 6.07) is 21.6. The molecule has 0 N–H and O–H groups in total. The number of fused-ring (bicyclic) bond motifs is 2.